The van der Waals surface area contributed by atoms with Gasteiger partial charge in [0.05, 0.1) is 13.4 Å². The molecule has 0 aliphatic carbocycles. The van der Waals surface area contributed by atoms with Crippen LogP contribution < -0.4 is 15.8 Å². The van der Waals surface area contributed by atoms with E-state index in [1.807, 2.05) is 12.5 Å². The van der Waals surface area contributed by atoms with Gasteiger partial charge in [-0.1, -0.05) is 0 Å². The predicted octanol–water partition coefficient (Wildman–Crippen LogP) is 1.16. The molecule has 0 unspecified atom stereocenters. The van der Waals surface area contributed by atoms with Crippen molar-refractivity contribution in [1.29, 1.82) is 0 Å². The van der Waals surface area contributed by atoms with E-state index in [-0.39, 0.29) is 5.95 Å². The van der Waals surface area contributed by atoms with Crippen LogP contribution in [-0.2, 0) is 6.54 Å². The first-order valence-corrected chi connectivity index (χ1v) is 6.16. The smallest absolute Gasteiger partial charge is 0.225 e. The summed E-state index contributed by atoms with van der Waals surface area (Å²) in [5, 5.41) is 3.20. The van der Waals surface area contributed by atoms with Crippen LogP contribution in [0.15, 0.2) is 24.8 Å². The maximum atomic E-state index is 5.58. The third kappa shape index (κ3) is 4.13. The number of methoxy groups -OCH3 is 1. The van der Waals surface area contributed by atoms with E-state index in [2.05, 4.69) is 24.8 Å². The van der Waals surface area contributed by atoms with Gasteiger partial charge < -0.3 is 20.4 Å². The monoisotopic (exact) mass is 262 g/mol. The van der Waals surface area contributed by atoms with Gasteiger partial charge in [-0.15, -0.1) is 0 Å². The molecule has 0 fully saturated rings. The average molecular weight is 262 g/mol. The van der Waals surface area contributed by atoms with Crippen LogP contribution in [0.4, 0.5) is 11.8 Å². The lowest BCUT2D eigenvalue weighted by Gasteiger charge is -2.07. The lowest BCUT2D eigenvalue weighted by molar-refractivity contribution is 0.398. The first kappa shape index (κ1) is 13.1. The number of nitrogens with two attached hydrogens (primary N) is 1. The first-order chi connectivity index (χ1) is 9.28. The molecule has 2 aromatic heterocycles. The quantitative estimate of drug-likeness (QED) is 0.727. The number of hydrogen-bond acceptors (Lipinski definition) is 6. The minimum atomic E-state index is 0.209. The highest BCUT2D eigenvalue weighted by molar-refractivity contribution is 5.42. The van der Waals surface area contributed by atoms with Crippen molar-refractivity contribution in [2.45, 2.75) is 19.4 Å². The first-order valence-electron chi connectivity index (χ1n) is 6.16. The minimum Gasteiger partial charge on any atom is -0.481 e. The van der Waals surface area contributed by atoms with Crippen LogP contribution in [0.2, 0.25) is 0 Å². The predicted molar refractivity (Wildman–Crippen MR) is 72.9 cm³/mol. The fourth-order valence-corrected chi connectivity index (χ4v) is 1.69. The Balaban J connectivity index is 1.72. The second-order valence-electron chi connectivity index (χ2n) is 4.09. The fraction of sp³-hybridized carbons (Fsp3) is 0.417. The molecule has 7 nitrogen and oxygen atoms in total. The molecule has 3 N–H and O–H groups in total. The number of aryl methyl sites for hydroxylation is 1. The molecule has 0 atom stereocenters. The van der Waals surface area contributed by atoms with Gasteiger partial charge in [-0.05, 0) is 12.8 Å². The summed E-state index contributed by atoms with van der Waals surface area (Å²) < 4.78 is 7.09. The van der Waals surface area contributed by atoms with Crippen molar-refractivity contribution in [1.82, 2.24) is 19.5 Å². The van der Waals surface area contributed by atoms with Crippen molar-refractivity contribution in [3.05, 3.63) is 24.8 Å². The molecule has 0 aliphatic heterocycles. The highest BCUT2D eigenvalue weighted by atomic mass is 16.5. The zero-order chi connectivity index (χ0) is 13.5. The van der Waals surface area contributed by atoms with Crippen molar-refractivity contribution in [3.8, 4) is 5.88 Å². The van der Waals surface area contributed by atoms with Gasteiger partial charge in [0, 0.05) is 31.5 Å². The fourth-order valence-electron chi connectivity index (χ4n) is 1.69. The van der Waals surface area contributed by atoms with E-state index in [0.29, 0.717) is 11.7 Å². The van der Waals surface area contributed by atoms with Crippen LogP contribution in [0.1, 0.15) is 12.8 Å². The number of unbranched alkanes of at least 4 members (excludes halogenated alkanes) is 1. The van der Waals surface area contributed by atoms with Gasteiger partial charge in [-0.3, -0.25) is 0 Å². The molecule has 19 heavy (non-hydrogen) atoms. The van der Waals surface area contributed by atoms with Gasteiger partial charge in [0.15, 0.2) is 0 Å². The molecule has 2 heterocycles. The van der Waals surface area contributed by atoms with Crippen LogP contribution >= 0.6 is 0 Å². The Morgan fingerprint density at radius 1 is 1.37 bits per heavy atom. The van der Waals surface area contributed by atoms with Crippen molar-refractivity contribution in [2.24, 2.45) is 0 Å². The molecule has 0 radical (unpaired) electrons. The Kier molecular flexibility index (Phi) is 4.54. The standard InChI is InChI=1S/C12H18N6O/c1-19-11-8-10(16-12(13)17-11)15-4-2-3-6-18-7-5-14-9-18/h5,7-9H,2-4,6H2,1H3,(H3,13,15,16,17). The summed E-state index contributed by atoms with van der Waals surface area (Å²) in [5.74, 6) is 1.36. The second-order valence-corrected chi connectivity index (χ2v) is 4.09. The van der Waals surface area contributed by atoms with E-state index < -0.39 is 0 Å². The molecule has 2 rings (SSSR count). The van der Waals surface area contributed by atoms with Gasteiger partial charge in [0.1, 0.15) is 5.82 Å². The molecular formula is C12H18N6O. The number of anilines is 2. The minimum absolute atomic E-state index is 0.209. The molecule has 0 aromatic carbocycles. The number of hydrogen-bond donors (Lipinski definition) is 2. The number of ether oxygens (including phenoxy) is 1. The van der Waals surface area contributed by atoms with E-state index in [1.165, 1.54) is 0 Å². The highest BCUT2D eigenvalue weighted by Gasteiger charge is 2.01. The maximum absolute atomic E-state index is 5.58. The van der Waals surface area contributed by atoms with Crippen molar-refractivity contribution in [2.75, 3.05) is 24.7 Å². The summed E-state index contributed by atoms with van der Waals surface area (Å²) in [6, 6.07) is 1.73. The van der Waals surface area contributed by atoms with Crippen LogP contribution in [0, 0.1) is 0 Å². The number of rotatable bonds is 7. The molecule has 0 bridgehead atoms. The van der Waals surface area contributed by atoms with Crippen LogP contribution in [0.5, 0.6) is 5.88 Å². The molecular weight excluding hydrogens is 244 g/mol. The molecule has 2 aromatic rings. The summed E-state index contributed by atoms with van der Waals surface area (Å²) >= 11 is 0. The Labute approximate surface area is 111 Å². The Morgan fingerprint density at radius 2 is 2.26 bits per heavy atom. The van der Waals surface area contributed by atoms with Crippen molar-refractivity contribution >= 4 is 11.8 Å². The molecule has 0 amide bonds. The summed E-state index contributed by atoms with van der Waals surface area (Å²) in [4.78, 5) is 12.0. The number of nitrogens with one attached hydrogen (secondary N) is 1. The zero-order valence-corrected chi connectivity index (χ0v) is 10.9. The Bertz CT molecular complexity index is 499. The lowest BCUT2D eigenvalue weighted by Crippen LogP contribution is -2.07. The maximum Gasteiger partial charge on any atom is 0.225 e. The second kappa shape index (κ2) is 6.58. The van der Waals surface area contributed by atoms with Crippen LogP contribution in [0.25, 0.3) is 0 Å². The normalized spacial score (nSPS) is 10.4. The van der Waals surface area contributed by atoms with Crippen molar-refractivity contribution < 1.29 is 4.74 Å². The van der Waals surface area contributed by atoms with Crippen molar-refractivity contribution in [3.63, 3.8) is 0 Å². The van der Waals surface area contributed by atoms with Crippen LogP contribution in [-0.4, -0.2) is 33.2 Å². The molecule has 0 aliphatic rings. The molecule has 0 saturated carbocycles. The summed E-state index contributed by atoms with van der Waals surface area (Å²) in [7, 11) is 1.55. The molecule has 7 heteroatoms. The van der Waals surface area contributed by atoms with Gasteiger partial charge >= 0.3 is 0 Å². The Hall–Kier alpha value is -2.31. The van der Waals surface area contributed by atoms with E-state index in [9.17, 15) is 0 Å². The third-order valence-corrected chi connectivity index (χ3v) is 2.64. The highest BCUT2D eigenvalue weighted by Crippen LogP contribution is 2.13. The lowest BCUT2D eigenvalue weighted by atomic mass is 10.3. The number of aromatic nitrogens is 4. The summed E-state index contributed by atoms with van der Waals surface area (Å²) in [6.45, 7) is 1.80. The molecule has 102 valence electrons. The SMILES string of the molecule is COc1cc(NCCCCn2ccnc2)nc(N)n1. The van der Waals surface area contributed by atoms with E-state index in [1.54, 1.807) is 19.4 Å². The van der Waals surface area contributed by atoms with Gasteiger partial charge in [-0.25, -0.2) is 4.98 Å². The zero-order valence-electron chi connectivity index (χ0n) is 10.9. The number of imidazole rings is 1. The molecule has 0 spiro atoms. The van der Waals surface area contributed by atoms with E-state index in [0.717, 1.165) is 25.9 Å². The van der Waals surface area contributed by atoms with E-state index >= 15 is 0 Å². The average Bonchev–Trinajstić information content (AvgIpc) is 2.91. The van der Waals surface area contributed by atoms with Gasteiger partial charge in [-0.2, -0.15) is 9.97 Å². The summed E-state index contributed by atoms with van der Waals surface area (Å²) in [5.41, 5.74) is 5.58. The number of nitrogens with zero attached hydrogens (tertiary/aromatic N) is 4. The Morgan fingerprint density at radius 3 is 3.00 bits per heavy atom. The van der Waals surface area contributed by atoms with Gasteiger partial charge in [0.2, 0.25) is 11.8 Å². The van der Waals surface area contributed by atoms with Crippen LogP contribution in [0.3, 0.4) is 0 Å². The topological polar surface area (TPSA) is 90.9 Å². The van der Waals surface area contributed by atoms with Gasteiger partial charge in [0.25, 0.3) is 0 Å². The largest absolute Gasteiger partial charge is 0.481 e. The number of nitrogen functional groups attached to an aromatic ring is 1. The third-order valence-electron chi connectivity index (χ3n) is 2.64. The molecule has 0 saturated heterocycles. The summed E-state index contributed by atoms with van der Waals surface area (Å²) in [6.07, 6.45) is 7.67. The van der Waals surface area contributed by atoms with E-state index in [4.69, 9.17) is 10.5 Å².